The van der Waals surface area contributed by atoms with Gasteiger partial charge in [0, 0.05) is 32.9 Å². The standard InChI is InChI=1S/C16H17NO9/c1-9(18)24-8-14(21)16(26-11(3)20)15(25-10(2)19)12-4-6-13(7-5-12)17(22)23/h4-7,15-16H,8H2,1-3H3/t15-,16-/m0/s1. The lowest BCUT2D eigenvalue weighted by Crippen LogP contribution is -2.37. The Morgan fingerprint density at radius 1 is 0.962 bits per heavy atom. The number of nitrogens with zero attached hydrogens (tertiary/aromatic N) is 1. The fourth-order valence-electron chi connectivity index (χ4n) is 2.00. The average Bonchev–Trinajstić information content (AvgIpc) is 2.55. The topological polar surface area (TPSA) is 139 Å². The van der Waals surface area contributed by atoms with Crippen molar-refractivity contribution >= 4 is 29.4 Å². The monoisotopic (exact) mass is 367 g/mol. The minimum Gasteiger partial charge on any atom is -0.458 e. The van der Waals surface area contributed by atoms with Crippen LogP contribution in [0.3, 0.4) is 0 Å². The fraction of sp³-hybridized carbons (Fsp3) is 0.375. The summed E-state index contributed by atoms with van der Waals surface area (Å²) in [6.07, 6.45) is -2.95. The first-order valence-corrected chi connectivity index (χ1v) is 7.36. The van der Waals surface area contributed by atoms with Gasteiger partial charge in [-0.25, -0.2) is 0 Å². The van der Waals surface area contributed by atoms with Crippen molar-refractivity contribution in [1.29, 1.82) is 0 Å². The number of carbonyl (C=O) groups is 4. The first-order valence-electron chi connectivity index (χ1n) is 7.36. The lowest BCUT2D eigenvalue weighted by Gasteiger charge is -2.25. The van der Waals surface area contributed by atoms with E-state index in [1.807, 2.05) is 0 Å². The number of nitro benzene ring substituents is 1. The Labute approximate surface area is 148 Å². The molecule has 0 bridgehead atoms. The van der Waals surface area contributed by atoms with Crippen LogP contribution in [0, 0.1) is 10.1 Å². The Morgan fingerprint density at radius 2 is 1.50 bits per heavy atom. The van der Waals surface area contributed by atoms with Gasteiger partial charge in [-0.15, -0.1) is 0 Å². The van der Waals surface area contributed by atoms with Crippen LogP contribution in [-0.4, -0.2) is 41.3 Å². The van der Waals surface area contributed by atoms with E-state index in [0.717, 1.165) is 32.9 Å². The molecule has 1 rings (SSSR count). The van der Waals surface area contributed by atoms with Crippen LogP contribution < -0.4 is 0 Å². The number of ether oxygens (including phenoxy) is 3. The first-order chi connectivity index (χ1) is 12.1. The number of ketones is 1. The molecule has 0 fully saturated rings. The zero-order chi connectivity index (χ0) is 19.9. The van der Waals surface area contributed by atoms with Gasteiger partial charge in [0.25, 0.3) is 5.69 Å². The number of hydrogen-bond acceptors (Lipinski definition) is 9. The number of esters is 3. The summed E-state index contributed by atoms with van der Waals surface area (Å²) in [7, 11) is 0. The van der Waals surface area contributed by atoms with Gasteiger partial charge in [0.2, 0.25) is 11.9 Å². The van der Waals surface area contributed by atoms with E-state index in [-0.39, 0.29) is 11.3 Å². The molecule has 1 aromatic rings. The Morgan fingerprint density at radius 3 is 1.92 bits per heavy atom. The van der Waals surface area contributed by atoms with Crippen molar-refractivity contribution in [2.75, 3.05) is 6.61 Å². The molecule has 0 radical (unpaired) electrons. The molecule has 140 valence electrons. The number of carbonyl (C=O) groups excluding carboxylic acids is 4. The second-order valence-corrected chi connectivity index (χ2v) is 5.16. The quantitative estimate of drug-likeness (QED) is 0.287. The maximum atomic E-state index is 12.3. The van der Waals surface area contributed by atoms with Gasteiger partial charge in [0.05, 0.1) is 4.92 Å². The highest BCUT2D eigenvalue weighted by Gasteiger charge is 2.35. The van der Waals surface area contributed by atoms with Crippen LogP contribution in [0.4, 0.5) is 5.69 Å². The predicted octanol–water partition coefficient (Wildman–Crippen LogP) is 1.26. The summed E-state index contributed by atoms with van der Waals surface area (Å²) < 4.78 is 14.6. The summed E-state index contributed by atoms with van der Waals surface area (Å²) in [5.74, 6) is -3.14. The summed E-state index contributed by atoms with van der Waals surface area (Å²) in [5, 5.41) is 10.7. The van der Waals surface area contributed by atoms with E-state index in [1.54, 1.807) is 0 Å². The largest absolute Gasteiger partial charge is 0.458 e. The number of hydrogen-bond donors (Lipinski definition) is 0. The van der Waals surface area contributed by atoms with E-state index in [2.05, 4.69) is 4.74 Å². The maximum absolute atomic E-state index is 12.3. The van der Waals surface area contributed by atoms with Crippen molar-refractivity contribution in [2.45, 2.75) is 33.0 Å². The third kappa shape index (κ3) is 6.30. The summed E-state index contributed by atoms with van der Waals surface area (Å²) in [6.45, 7) is 2.53. The predicted molar refractivity (Wildman–Crippen MR) is 84.8 cm³/mol. The molecular formula is C16H17NO9. The van der Waals surface area contributed by atoms with Gasteiger partial charge in [-0.2, -0.15) is 0 Å². The van der Waals surface area contributed by atoms with Crippen LogP contribution in [0.5, 0.6) is 0 Å². The molecule has 0 spiro atoms. The molecule has 0 aliphatic rings. The van der Waals surface area contributed by atoms with Gasteiger partial charge in [-0.3, -0.25) is 29.3 Å². The van der Waals surface area contributed by atoms with E-state index in [1.165, 1.54) is 12.1 Å². The molecule has 0 amide bonds. The molecule has 0 aliphatic carbocycles. The van der Waals surface area contributed by atoms with Gasteiger partial charge in [-0.05, 0) is 17.7 Å². The van der Waals surface area contributed by atoms with Crippen LogP contribution in [0.1, 0.15) is 32.4 Å². The summed E-state index contributed by atoms with van der Waals surface area (Å²) in [5.41, 5.74) is -0.0289. The normalized spacial score (nSPS) is 12.4. The molecule has 0 unspecified atom stereocenters. The van der Waals surface area contributed by atoms with Crippen LogP contribution in [0.2, 0.25) is 0 Å². The second kappa shape index (κ2) is 9.25. The van der Waals surface area contributed by atoms with Gasteiger partial charge in [-0.1, -0.05) is 0 Å². The minimum absolute atomic E-state index is 0.188. The first kappa shape index (κ1) is 20.7. The average molecular weight is 367 g/mol. The molecule has 0 aromatic heterocycles. The molecule has 0 N–H and O–H groups in total. The fourth-order valence-corrected chi connectivity index (χ4v) is 2.00. The van der Waals surface area contributed by atoms with Crippen molar-refractivity contribution < 1.29 is 38.3 Å². The van der Waals surface area contributed by atoms with Crippen LogP contribution in [0.15, 0.2) is 24.3 Å². The van der Waals surface area contributed by atoms with E-state index in [0.29, 0.717) is 0 Å². The molecular weight excluding hydrogens is 350 g/mol. The summed E-state index contributed by atoms with van der Waals surface area (Å²) >= 11 is 0. The van der Waals surface area contributed by atoms with Crippen molar-refractivity contribution in [3.05, 3.63) is 39.9 Å². The van der Waals surface area contributed by atoms with E-state index < -0.39 is 47.4 Å². The number of rotatable bonds is 8. The van der Waals surface area contributed by atoms with Gasteiger partial charge in [0.15, 0.2) is 12.7 Å². The summed E-state index contributed by atoms with van der Waals surface area (Å²) in [4.78, 5) is 56.1. The highest BCUT2D eigenvalue weighted by atomic mass is 16.6. The molecule has 26 heavy (non-hydrogen) atoms. The third-order valence-electron chi connectivity index (χ3n) is 3.03. The van der Waals surface area contributed by atoms with Crippen molar-refractivity contribution in [3.63, 3.8) is 0 Å². The third-order valence-corrected chi connectivity index (χ3v) is 3.03. The van der Waals surface area contributed by atoms with E-state index >= 15 is 0 Å². The van der Waals surface area contributed by atoms with E-state index in [9.17, 15) is 29.3 Å². The minimum atomic E-state index is -1.59. The number of benzene rings is 1. The summed E-state index contributed by atoms with van der Waals surface area (Å²) in [6, 6.07) is 4.82. The highest BCUT2D eigenvalue weighted by Crippen LogP contribution is 2.27. The molecule has 0 saturated carbocycles. The molecule has 0 saturated heterocycles. The zero-order valence-electron chi connectivity index (χ0n) is 14.3. The zero-order valence-corrected chi connectivity index (χ0v) is 14.3. The lowest BCUT2D eigenvalue weighted by molar-refractivity contribution is -0.384. The Bertz CT molecular complexity index is 711. The maximum Gasteiger partial charge on any atom is 0.303 e. The smallest absolute Gasteiger partial charge is 0.303 e. The lowest BCUT2D eigenvalue weighted by atomic mass is 10.0. The number of nitro groups is 1. The van der Waals surface area contributed by atoms with Gasteiger partial charge in [0.1, 0.15) is 0 Å². The number of Topliss-reactive ketones (excluding diaryl/α,β-unsaturated/α-hetero) is 1. The SMILES string of the molecule is CC(=O)OCC(=O)[C@H](OC(C)=O)[C@@H](OC(C)=O)c1ccc([N+](=O)[O-])cc1. The molecule has 0 heterocycles. The number of non-ortho nitro benzene ring substituents is 1. The van der Waals surface area contributed by atoms with Crippen molar-refractivity contribution in [3.8, 4) is 0 Å². The highest BCUT2D eigenvalue weighted by molar-refractivity contribution is 5.88. The van der Waals surface area contributed by atoms with Crippen LogP contribution in [-0.2, 0) is 33.4 Å². The van der Waals surface area contributed by atoms with Gasteiger partial charge < -0.3 is 14.2 Å². The second-order valence-electron chi connectivity index (χ2n) is 5.16. The molecule has 10 heteroatoms. The Kier molecular flexibility index (Phi) is 7.38. The van der Waals surface area contributed by atoms with Gasteiger partial charge >= 0.3 is 17.9 Å². The Hall–Kier alpha value is -3.30. The molecule has 0 aliphatic heterocycles. The molecule has 1 aromatic carbocycles. The molecule has 10 nitrogen and oxygen atoms in total. The van der Waals surface area contributed by atoms with Crippen molar-refractivity contribution in [2.24, 2.45) is 0 Å². The van der Waals surface area contributed by atoms with Crippen LogP contribution in [0.25, 0.3) is 0 Å². The van der Waals surface area contributed by atoms with Crippen molar-refractivity contribution in [1.82, 2.24) is 0 Å². The van der Waals surface area contributed by atoms with Crippen LogP contribution >= 0.6 is 0 Å². The molecule has 2 atom stereocenters. The Balaban J connectivity index is 3.22. The van der Waals surface area contributed by atoms with E-state index in [4.69, 9.17) is 9.47 Å².